The Morgan fingerprint density at radius 3 is 2.79 bits per heavy atom. The molecule has 0 aromatic rings. The molecule has 1 heterocycles. The fraction of sp³-hybridized carbons (Fsp3) is 0.938. The quantitative estimate of drug-likeness (QED) is 0.848. The second kappa shape index (κ2) is 5.82. The molecule has 19 heavy (non-hydrogen) atoms. The summed E-state index contributed by atoms with van der Waals surface area (Å²) in [5.74, 6) is 3.39. The number of rotatable bonds is 4. The van der Waals surface area contributed by atoms with Crippen LogP contribution in [0.2, 0.25) is 0 Å². The maximum atomic E-state index is 12.4. The molecule has 3 nitrogen and oxygen atoms in total. The van der Waals surface area contributed by atoms with Crippen molar-refractivity contribution in [3.8, 4) is 0 Å². The molecule has 3 heteroatoms. The number of piperidine rings is 1. The number of aliphatic hydroxyl groups is 1. The van der Waals surface area contributed by atoms with Gasteiger partial charge in [0.15, 0.2) is 0 Å². The highest BCUT2D eigenvalue weighted by molar-refractivity contribution is 5.76. The molecule has 1 N–H and O–H groups in total. The average molecular weight is 265 g/mol. The lowest BCUT2D eigenvalue weighted by Crippen LogP contribution is -2.41. The SMILES string of the molecule is O=C(CC1CC2CCC1C2)N1CCCC(CCO)C1. The van der Waals surface area contributed by atoms with Gasteiger partial charge in [0.1, 0.15) is 0 Å². The Hall–Kier alpha value is -0.570. The zero-order chi connectivity index (χ0) is 13.2. The van der Waals surface area contributed by atoms with Crippen LogP contribution >= 0.6 is 0 Å². The zero-order valence-corrected chi connectivity index (χ0v) is 11.9. The molecule has 1 saturated heterocycles. The summed E-state index contributed by atoms with van der Waals surface area (Å²) in [5, 5.41) is 9.04. The normalized spacial score (nSPS) is 37.8. The summed E-state index contributed by atoms with van der Waals surface area (Å²) in [5.41, 5.74) is 0. The predicted molar refractivity (Wildman–Crippen MR) is 74.6 cm³/mol. The van der Waals surface area contributed by atoms with Crippen LogP contribution in [0.5, 0.6) is 0 Å². The minimum Gasteiger partial charge on any atom is -0.396 e. The fourth-order valence-electron chi connectivity index (χ4n) is 4.69. The number of nitrogens with zero attached hydrogens (tertiary/aromatic N) is 1. The van der Waals surface area contributed by atoms with E-state index in [4.69, 9.17) is 5.11 Å². The summed E-state index contributed by atoms with van der Waals surface area (Å²) in [6.07, 6.45) is 9.44. The highest BCUT2D eigenvalue weighted by Gasteiger charge is 2.40. The van der Waals surface area contributed by atoms with E-state index in [1.165, 1.54) is 32.1 Å². The van der Waals surface area contributed by atoms with Crippen molar-refractivity contribution in [2.24, 2.45) is 23.7 Å². The molecule has 2 bridgehead atoms. The smallest absolute Gasteiger partial charge is 0.222 e. The molecular formula is C16H27NO2. The van der Waals surface area contributed by atoms with Gasteiger partial charge in [-0.05, 0) is 62.2 Å². The number of likely N-dealkylation sites (tertiary alicyclic amines) is 1. The van der Waals surface area contributed by atoms with E-state index < -0.39 is 0 Å². The van der Waals surface area contributed by atoms with Crippen LogP contribution in [0, 0.1) is 23.7 Å². The number of hydrogen-bond acceptors (Lipinski definition) is 2. The van der Waals surface area contributed by atoms with Gasteiger partial charge < -0.3 is 10.0 Å². The first-order valence-electron chi connectivity index (χ1n) is 8.15. The van der Waals surface area contributed by atoms with Crippen molar-refractivity contribution in [1.29, 1.82) is 0 Å². The minimum atomic E-state index is 0.263. The Morgan fingerprint density at radius 1 is 1.21 bits per heavy atom. The maximum Gasteiger partial charge on any atom is 0.222 e. The van der Waals surface area contributed by atoms with E-state index in [0.29, 0.717) is 17.7 Å². The van der Waals surface area contributed by atoms with Crippen LogP contribution in [-0.2, 0) is 4.79 Å². The molecule has 3 rings (SSSR count). The highest BCUT2D eigenvalue weighted by atomic mass is 16.3. The number of amides is 1. The monoisotopic (exact) mass is 265 g/mol. The van der Waals surface area contributed by atoms with Gasteiger partial charge in [0.25, 0.3) is 0 Å². The van der Waals surface area contributed by atoms with Crippen molar-refractivity contribution in [3.05, 3.63) is 0 Å². The van der Waals surface area contributed by atoms with Gasteiger partial charge in [-0.3, -0.25) is 4.79 Å². The van der Waals surface area contributed by atoms with Gasteiger partial charge in [0.2, 0.25) is 5.91 Å². The van der Waals surface area contributed by atoms with Crippen LogP contribution in [-0.4, -0.2) is 35.6 Å². The fourth-order valence-corrected chi connectivity index (χ4v) is 4.69. The molecule has 2 aliphatic carbocycles. The Balaban J connectivity index is 1.49. The molecule has 108 valence electrons. The number of carbonyl (C=O) groups is 1. The topological polar surface area (TPSA) is 40.5 Å². The lowest BCUT2D eigenvalue weighted by atomic mass is 9.85. The van der Waals surface area contributed by atoms with Crippen LogP contribution in [0.25, 0.3) is 0 Å². The maximum absolute atomic E-state index is 12.4. The summed E-state index contributed by atoms with van der Waals surface area (Å²) < 4.78 is 0. The van der Waals surface area contributed by atoms with Crippen molar-refractivity contribution in [2.45, 2.75) is 51.4 Å². The second-order valence-corrected chi connectivity index (χ2v) is 7.00. The Kier molecular flexibility index (Phi) is 4.11. The third-order valence-corrected chi connectivity index (χ3v) is 5.73. The number of hydrogen-bond donors (Lipinski definition) is 1. The van der Waals surface area contributed by atoms with E-state index in [2.05, 4.69) is 4.90 Å². The molecule has 0 spiro atoms. The summed E-state index contributed by atoms with van der Waals surface area (Å²) >= 11 is 0. The van der Waals surface area contributed by atoms with E-state index in [-0.39, 0.29) is 6.61 Å². The lowest BCUT2D eigenvalue weighted by Gasteiger charge is -2.34. The minimum absolute atomic E-state index is 0.263. The van der Waals surface area contributed by atoms with Crippen molar-refractivity contribution >= 4 is 5.91 Å². The van der Waals surface area contributed by atoms with Gasteiger partial charge in [-0.1, -0.05) is 6.42 Å². The molecule has 4 unspecified atom stereocenters. The summed E-state index contributed by atoms with van der Waals surface area (Å²) in [7, 11) is 0. The average Bonchev–Trinajstić information content (AvgIpc) is 3.02. The summed E-state index contributed by atoms with van der Waals surface area (Å²) in [4.78, 5) is 14.5. The molecule has 4 atom stereocenters. The zero-order valence-electron chi connectivity index (χ0n) is 11.9. The van der Waals surface area contributed by atoms with Gasteiger partial charge in [-0.2, -0.15) is 0 Å². The largest absolute Gasteiger partial charge is 0.396 e. The Bertz CT molecular complexity index is 329. The van der Waals surface area contributed by atoms with Gasteiger partial charge >= 0.3 is 0 Å². The first kappa shape index (κ1) is 13.4. The molecule has 0 radical (unpaired) electrons. The second-order valence-electron chi connectivity index (χ2n) is 7.00. The molecule has 3 fully saturated rings. The van der Waals surface area contributed by atoms with Crippen LogP contribution in [0.3, 0.4) is 0 Å². The predicted octanol–water partition coefficient (Wildman–Crippen LogP) is 2.43. The number of fused-ring (bicyclic) bond motifs is 2. The third-order valence-electron chi connectivity index (χ3n) is 5.73. The van der Waals surface area contributed by atoms with E-state index in [1.54, 1.807) is 0 Å². The number of aliphatic hydroxyl groups excluding tert-OH is 1. The standard InChI is InChI=1S/C16H27NO2/c18-7-5-12-2-1-6-17(11-12)16(19)10-15-9-13-3-4-14(15)8-13/h12-15,18H,1-11H2. The van der Waals surface area contributed by atoms with E-state index in [1.807, 2.05) is 0 Å². The Labute approximate surface area is 116 Å². The molecule has 2 saturated carbocycles. The summed E-state index contributed by atoms with van der Waals surface area (Å²) in [6, 6.07) is 0. The molecule has 1 aliphatic heterocycles. The first-order valence-corrected chi connectivity index (χ1v) is 8.15. The van der Waals surface area contributed by atoms with Crippen molar-refractivity contribution < 1.29 is 9.90 Å². The number of carbonyl (C=O) groups excluding carboxylic acids is 1. The van der Waals surface area contributed by atoms with Gasteiger partial charge in [0.05, 0.1) is 0 Å². The van der Waals surface area contributed by atoms with Crippen molar-refractivity contribution in [2.75, 3.05) is 19.7 Å². The molecule has 0 aromatic heterocycles. The van der Waals surface area contributed by atoms with Gasteiger partial charge in [0, 0.05) is 26.1 Å². The van der Waals surface area contributed by atoms with E-state index in [9.17, 15) is 4.79 Å². The van der Waals surface area contributed by atoms with Crippen molar-refractivity contribution in [3.63, 3.8) is 0 Å². The van der Waals surface area contributed by atoms with E-state index in [0.717, 1.165) is 44.2 Å². The highest BCUT2D eigenvalue weighted by Crippen LogP contribution is 2.49. The molecule has 3 aliphatic rings. The van der Waals surface area contributed by atoms with Gasteiger partial charge in [-0.15, -0.1) is 0 Å². The third kappa shape index (κ3) is 2.96. The van der Waals surface area contributed by atoms with Crippen LogP contribution in [0.15, 0.2) is 0 Å². The molecular weight excluding hydrogens is 238 g/mol. The van der Waals surface area contributed by atoms with Crippen LogP contribution < -0.4 is 0 Å². The van der Waals surface area contributed by atoms with E-state index >= 15 is 0 Å². The molecule has 0 aromatic carbocycles. The van der Waals surface area contributed by atoms with Crippen molar-refractivity contribution in [1.82, 2.24) is 4.90 Å². The Morgan fingerprint density at radius 2 is 2.11 bits per heavy atom. The first-order chi connectivity index (χ1) is 9.26. The van der Waals surface area contributed by atoms with Crippen LogP contribution in [0.1, 0.15) is 51.4 Å². The summed E-state index contributed by atoms with van der Waals surface area (Å²) in [6.45, 7) is 2.10. The lowest BCUT2D eigenvalue weighted by molar-refractivity contribution is -0.134. The van der Waals surface area contributed by atoms with Crippen LogP contribution in [0.4, 0.5) is 0 Å². The molecule has 1 amide bonds. The van der Waals surface area contributed by atoms with Gasteiger partial charge in [-0.25, -0.2) is 0 Å².